The lowest BCUT2D eigenvalue weighted by atomic mass is 9.97. The van der Waals surface area contributed by atoms with Crippen LogP contribution in [-0.4, -0.2) is 75.6 Å². The molecule has 3 aromatic rings. The van der Waals surface area contributed by atoms with Crippen molar-refractivity contribution in [2.45, 2.75) is 33.4 Å². The summed E-state index contributed by atoms with van der Waals surface area (Å²) in [5, 5.41) is 9.62. The van der Waals surface area contributed by atoms with E-state index in [0.717, 1.165) is 9.58 Å². The molecule has 2 unspecified atom stereocenters. The Morgan fingerprint density at radius 3 is 2.53 bits per heavy atom. The van der Waals surface area contributed by atoms with Gasteiger partial charge in [-0.25, -0.2) is 4.98 Å². The number of aryl methyl sites for hydroxylation is 1. The summed E-state index contributed by atoms with van der Waals surface area (Å²) in [5.74, 6) is -0.757. The average molecular weight is 529 g/mol. The first-order valence-electron chi connectivity index (χ1n) is 12.6. The molecule has 1 aliphatic carbocycles. The second-order valence-electron chi connectivity index (χ2n) is 11.3. The smallest absolute Gasteiger partial charge is 0.256 e. The van der Waals surface area contributed by atoms with Gasteiger partial charge in [-0.3, -0.25) is 24.3 Å². The molecule has 0 bridgehead atoms. The summed E-state index contributed by atoms with van der Waals surface area (Å²) in [6.45, 7) is 7.24. The first-order valence-corrected chi connectivity index (χ1v) is 13.4. The van der Waals surface area contributed by atoms with Crippen molar-refractivity contribution < 1.29 is 14.4 Å². The molecular weight excluding hydrogens is 500 g/mol. The van der Waals surface area contributed by atoms with Gasteiger partial charge in [0.25, 0.3) is 5.91 Å². The van der Waals surface area contributed by atoms with Gasteiger partial charge in [0.2, 0.25) is 11.8 Å². The largest absolute Gasteiger partial charge is 0.335 e. The molecule has 194 valence electrons. The predicted octanol–water partition coefficient (Wildman–Crippen LogP) is 3.07. The Kier molecular flexibility index (Phi) is 5.46. The van der Waals surface area contributed by atoms with Crippen molar-refractivity contribution in [3.8, 4) is 17.3 Å². The number of rotatable bonds is 5. The summed E-state index contributed by atoms with van der Waals surface area (Å²) in [4.78, 5) is 54.6. The highest BCUT2D eigenvalue weighted by molar-refractivity contribution is 7.19. The number of nitrogens with zero attached hydrogens (tertiary/aromatic N) is 6. The number of likely N-dealkylation sites (tertiary alicyclic amines) is 2. The summed E-state index contributed by atoms with van der Waals surface area (Å²) in [6.07, 6.45) is 1.66. The molecule has 9 nitrogen and oxygen atoms in total. The number of hydrogen-bond donors (Lipinski definition) is 0. The Hall–Kier alpha value is -3.68. The summed E-state index contributed by atoms with van der Waals surface area (Å²) in [5.41, 5.74) is 3.03. The SMILES string of the molecule is Cc1cc(C#N)nc(-c2ccnc3cc(CN4C(=O)C5C(C4=O)C5(C)C)sc23)c1C(=O)N1CC(N(C)C)C1. The molecule has 0 N–H and O–H groups in total. The molecular formula is C28H28N6O3S. The highest BCUT2D eigenvalue weighted by Gasteiger charge is 2.72. The van der Waals surface area contributed by atoms with E-state index in [2.05, 4.69) is 20.9 Å². The summed E-state index contributed by atoms with van der Waals surface area (Å²) in [7, 11) is 4.00. The highest BCUT2D eigenvalue weighted by Crippen LogP contribution is 2.63. The molecule has 10 heteroatoms. The zero-order chi connectivity index (χ0) is 27.1. The molecule has 2 atom stereocenters. The minimum Gasteiger partial charge on any atom is -0.335 e. The van der Waals surface area contributed by atoms with Crippen molar-refractivity contribution in [2.24, 2.45) is 17.3 Å². The van der Waals surface area contributed by atoms with Gasteiger partial charge in [-0.1, -0.05) is 13.8 Å². The lowest BCUT2D eigenvalue weighted by Crippen LogP contribution is -2.59. The maximum Gasteiger partial charge on any atom is 0.256 e. The zero-order valence-electron chi connectivity index (χ0n) is 22.0. The number of pyridine rings is 2. The van der Waals surface area contributed by atoms with E-state index < -0.39 is 0 Å². The second-order valence-corrected chi connectivity index (χ2v) is 12.4. The van der Waals surface area contributed by atoms with E-state index in [4.69, 9.17) is 0 Å². The van der Waals surface area contributed by atoms with Crippen LogP contribution in [0.3, 0.4) is 0 Å². The number of likely N-dealkylation sites (N-methyl/N-ethyl adjacent to an activating group) is 1. The second kappa shape index (κ2) is 8.41. The molecule has 3 aromatic heterocycles. The maximum atomic E-state index is 13.6. The molecule has 2 aliphatic heterocycles. The van der Waals surface area contributed by atoms with Gasteiger partial charge in [0, 0.05) is 35.8 Å². The van der Waals surface area contributed by atoms with Crippen LogP contribution >= 0.6 is 11.3 Å². The van der Waals surface area contributed by atoms with Crippen molar-refractivity contribution in [3.05, 3.63) is 46.1 Å². The van der Waals surface area contributed by atoms with E-state index in [9.17, 15) is 19.6 Å². The van der Waals surface area contributed by atoms with E-state index in [-0.39, 0.29) is 47.2 Å². The van der Waals surface area contributed by atoms with E-state index in [0.29, 0.717) is 47.0 Å². The third kappa shape index (κ3) is 3.56. The van der Waals surface area contributed by atoms with Crippen LogP contribution in [0, 0.1) is 35.5 Å². The van der Waals surface area contributed by atoms with Gasteiger partial charge < -0.3 is 9.80 Å². The molecule has 5 heterocycles. The van der Waals surface area contributed by atoms with Gasteiger partial charge in [0.05, 0.1) is 39.9 Å². The van der Waals surface area contributed by atoms with Crippen molar-refractivity contribution in [3.63, 3.8) is 0 Å². The van der Waals surface area contributed by atoms with Crippen LogP contribution in [0.15, 0.2) is 24.4 Å². The Morgan fingerprint density at radius 2 is 1.89 bits per heavy atom. The topological polar surface area (TPSA) is 110 Å². The van der Waals surface area contributed by atoms with Crippen molar-refractivity contribution >= 4 is 39.3 Å². The van der Waals surface area contributed by atoms with Crippen molar-refractivity contribution in [1.82, 2.24) is 24.7 Å². The molecule has 0 aromatic carbocycles. The van der Waals surface area contributed by atoms with E-state index in [1.54, 1.807) is 17.2 Å². The standard InChI is InChI=1S/C28H28N6O3S/c1-14-8-15(10-29)31-23(20(14)25(35)33-11-16(12-33)32(4)5)18-6-7-30-19-9-17(38-24(18)19)13-34-26(36)21-22(27(34)37)28(21,2)3/h6-9,16,21-22H,11-13H2,1-5H3. The van der Waals surface area contributed by atoms with Crippen LogP contribution in [0.5, 0.6) is 0 Å². The molecule has 2 saturated heterocycles. The van der Waals surface area contributed by atoms with Gasteiger partial charge in [-0.15, -0.1) is 11.3 Å². The summed E-state index contributed by atoms with van der Waals surface area (Å²) >= 11 is 1.43. The first kappa shape index (κ1) is 24.6. The number of aromatic nitrogens is 2. The molecule has 3 fully saturated rings. The zero-order valence-corrected chi connectivity index (χ0v) is 22.8. The van der Waals surface area contributed by atoms with E-state index in [1.165, 1.54) is 16.2 Å². The summed E-state index contributed by atoms with van der Waals surface area (Å²) < 4.78 is 0.804. The van der Waals surface area contributed by atoms with E-state index >= 15 is 0 Å². The summed E-state index contributed by atoms with van der Waals surface area (Å²) in [6, 6.07) is 7.77. The number of amides is 3. The maximum absolute atomic E-state index is 13.6. The molecule has 3 aliphatic rings. The van der Waals surface area contributed by atoms with Crippen LogP contribution in [0.25, 0.3) is 21.5 Å². The fraction of sp³-hybridized carbons (Fsp3) is 0.429. The molecule has 0 radical (unpaired) electrons. The lowest BCUT2D eigenvalue weighted by Gasteiger charge is -2.43. The van der Waals surface area contributed by atoms with Crippen LogP contribution in [0.1, 0.15) is 40.3 Å². The van der Waals surface area contributed by atoms with Gasteiger partial charge in [-0.2, -0.15) is 5.26 Å². The monoisotopic (exact) mass is 528 g/mol. The number of hydrogen-bond acceptors (Lipinski definition) is 8. The fourth-order valence-corrected chi connectivity index (χ4v) is 6.99. The Bertz CT molecular complexity index is 1560. The van der Waals surface area contributed by atoms with E-state index in [1.807, 2.05) is 47.0 Å². The molecule has 1 saturated carbocycles. The highest BCUT2D eigenvalue weighted by atomic mass is 32.1. The number of piperidine rings is 1. The average Bonchev–Trinajstić information content (AvgIpc) is 3.08. The molecule has 3 amide bonds. The van der Waals surface area contributed by atoms with Crippen LogP contribution < -0.4 is 0 Å². The lowest BCUT2D eigenvalue weighted by molar-refractivity contribution is -0.143. The minimum absolute atomic E-state index is 0.104. The third-order valence-electron chi connectivity index (χ3n) is 8.35. The number of carbonyl (C=O) groups excluding carboxylic acids is 3. The quantitative estimate of drug-likeness (QED) is 0.468. The van der Waals surface area contributed by atoms with Crippen LogP contribution in [0.4, 0.5) is 0 Å². The minimum atomic E-state index is -0.249. The molecule has 0 spiro atoms. The van der Waals surface area contributed by atoms with Crippen LogP contribution in [-0.2, 0) is 16.1 Å². The Morgan fingerprint density at radius 1 is 1.21 bits per heavy atom. The third-order valence-corrected chi connectivity index (χ3v) is 9.49. The van der Waals surface area contributed by atoms with Gasteiger partial charge in [-0.05, 0) is 50.2 Å². The first-order chi connectivity index (χ1) is 18.0. The molecule has 38 heavy (non-hydrogen) atoms. The van der Waals surface area contributed by atoms with Gasteiger partial charge in [0.15, 0.2) is 0 Å². The number of imide groups is 1. The molecule has 6 rings (SSSR count). The normalized spacial score (nSPS) is 22.1. The number of nitriles is 1. The number of thiophene rings is 1. The fourth-order valence-electron chi connectivity index (χ4n) is 5.87. The number of carbonyl (C=O) groups is 3. The number of fused-ring (bicyclic) bond motifs is 2. The Labute approximate surface area is 224 Å². The van der Waals surface area contributed by atoms with Crippen molar-refractivity contribution in [2.75, 3.05) is 27.2 Å². The predicted molar refractivity (Wildman–Crippen MR) is 142 cm³/mol. The van der Waals surface area contributed by atoms with Gasteiger partial charge >= 0.3 is 0 Å². The Balaban J connectivity index is 1.37. The van der Waals surface area contributed by atoms with Crippen molar-refractivity contribution in [1.29, 1.82) is 5.26 Å². The van der Waals surface area contributed by atoms with Gasteiger partial charge in [0.1, 0.15) is 11.8 Å². The van der Waals surface area contributed by atoms with Crippen LogP contribution in [0.2, 0.25) is 0 Å².